The molecule has 0 radical (unpaired) electrons. The van der Waals surface area contributed by atoms with Gasteiger partial charge in [0.05, 0.1) is 6.61 Å². The van der Waals surface area contributed by atoms with Crippen LogP contribution in [0.1, 0.15) is 59.3 Å². The summed E-state index contributed by atoms with van der Waals surface area (Å²) < 4.78 is 5.60. The Morgan fingerprint density at radius 2 is 1.89 bits per heavy atom. The summed E-state index contributed by atoms with van der Waals surface area (Å²) in [5, 5.41) is 10.4. The molecule has 1 unspecified atom stereocenters. The molecule has 1 heterocycles. The SMILES string of the molecule is CC(C)(C)C1CCC(C(O)C2=CCCCO2)CC1. The Kier molecular flexibility index (Phi) is 4.37. The third-order valence-corrected chi connectivity index (χ3v) is 4.70. The summed E-state index contributed by atoms with van der Waals surface area (Å²) in [5.74, 6) is 2.07. The quantitative estimate of drug-likeness (QED) is 0.808. The molecule has 0 bridgehead atoms. The highest BCUT2D eigenvalue weighted by molar-refractivity contribution is 5.05. The lowest BCUT2D eigenvalue weighted by Gasteiger charge is -2.38. The lowest BCUT2D eigenvalue weighted by atomic mass is 9.68. The predicted octanol–water partition coefficient (Wildman–Crippen LogP) is 3.89. The van der Waals surface area contributed by atoms with Crippen LogP contribution in [0.25, 0.3) is 0 Å². The van der Waals surface area contributed by atoms with Crippen LogP contribution in [-0.2, 0) is 4.74 Å². The van der Waals surface area contributed by atoms with Crippen molar-refractivity contribution in [1.82, 2.24) is 0 Å². The maximum Gasteiger partial charge on any atom is 0.121 e. The molecule has 1 atom stereocenters. The minimum Gasteiger partial charge on any atom is -0.495 e. The van der Waals surface area contributed by atoms with Crippen LogP contribution in [0.15, 0.2) is 11.8 Å². The molecule has 1 fully saturated rings. The number of hydrogen-bond acceptors (Lipinski definition) is 2. The van der Waals surface area contributed by atoms with E-state index in [9.17, 15) is 5.11 Å². The van der Waals surface area contributed by atoms with Crippen molar-refractivity contribution in [3.05, 3.63) is 11.8 Å². The van der Waals surface area contributed by atoms with Crippen molar-refractivity contribution in [2.75, 3.05) is 6.61 Å². The van der Waals surface area contributed by atoms with Gasteiger partial charge >= 0.3 is 0 Å². The van der Waals surface area contributed by atoms with Crippen LogP contribution < -0.4 is 0 Å². The zero-order chi connectivity index (χ0) is 13.2. The monoisotopic (exact) mass is 252 g/mol. The fourth-order valence-electron chi connectivity index (χ4n) is 3.32. The predicted molar refractivity (Wildman–Crippen MR) is 74.2 cm³/mol. The molecule has 2 aliphatic rings. The summed E-state index contributed by atoms with van der Waals surface area (Å²) in [6, 6.07) is 0. The standard InChI is InChI=1S/C16H28O2/c1-16(2,3)13-9-7-12(8-10-13)15(17)14-6-4-5-11-18-14/h6,12-13,15,17H,4-5,7-11H2,1-3H3. The second-order valence-electron chi connectivity index (χ2n) is 7.02. The highest BCUT2D eigenvalue weighted by Gasteiger charge is 2.34. The van der Waals surface area contributed by atoms with Gasteiger partial charge in [0.1, 0.15) is 11.9 Å². The lowest BCUT2D eigenvalue weighted by molar-refractivity contribution is 0.0260. The number of aliphatic hydroxyl groups excluding tert-OH is 1. The van der Waals surface area contributed by atoms with Gasteiger partial charge in [0.15, 0.2) is 0 Å². The average Bonchev–Trinajstić information content (AvgIpc) is 2.38. The van der Waals surface area contributed by atoms with E-state index in [1.54, 1.807) is 0 Å². The number of allylic oxidation sites excluding steroid dienone is 1. The summed E-state index contributed by atoms with van der Waals surface area (Å²) in [5.41, 5.74) is 0.413. The Morgan fingerprint density at radius 1 is 1.22 bits per heavy atom. The van der Waals surface area contributed by atoms with Crippen LogP contribution in [0.2, 0.25) is 0 Å². The molecule has 104 valence electrons. The third kappa shape index (κ3) is 3.28. The second-order valence-corrected chi connectivity index (χ2v) is 7.02. The van der Waals surface area contributed by atoms with Crippen LogP contribution in [-0.4, -0.2) is 17.8 Å². The van der Waals surface area contributed by atoms with Crippen molar-refractivity contribution >= 4 is 0 Å². The molecular weight excluding hydrogens is 224 g/mol. The fourth-order valence-corrected chi connectivity index (χ4v) is 3.32. The molecule has 2 rings (SSSR count). The van der Waals surface area contributed by atoms with Gasteiger partial charge in [0.2, 0.25) is 0 Å². The summed E-state index contributed by atoms with van der Waals surface area (Å²) in [4.78, 5) is 0. The lowest BCUT2D eigenvalue weighted by Crippen LogP contribution is -2.32. The number of ether oxygens (including phenoxy) is 1. The summed E-state index contributed by atoms with van der Waals surface area (Å²) >= 11 is 0. The van der Waals surface area contributed by atoms with Crippen molar-refractivity contribution in [2.24, 2.45) is 17.3 Å². The first-order valence-corrected chi connectivity index (χ1v) is 7.49. The van der Waals surface area contributed by atoms with Crippen molar-refractivity contribution in [3.63, 3.8) is 0 Å². The molecule has 18 heavy (non-hydrogen) atoms. The molecule has 1 aliphatic heterocycles. The summed E-state index contributed by atoms with van der Waals surface area (Å²) in [6.45, 7) is 7.78. The van der Waals surface area contributed by atoms with Gasteiger partial charge in [-0.25, -0.2) is 0 Å². The third-order valence-electron chi connectivity index (χ3n) is 4.70. The number of hydrogen-bond donors (Lipinski definition) is 1. The average molecular weight is 252 g/mol. The minimum absolute atomic E-state index is 0.355. The van der Waals surface area contributed by atoms with Crippen LogP contribution >= 0.6 is 0 Å². The molecule has 2 heteroatoms. The van der Waals surface area contributed by atoms with E-state index < -0.39 is 0 Å². The number of aliphatic hydroxyl groups is 1. The van der Waals surface area contributed by atoms with E-state index in [1.165, 1.54) is 12.8 Å². The largest absolute Gasteiger partial charge is 0.495 e. The van der Waals surface area contributed by atoms with Gasteiger partial charge in [-0.2, -0.15) is 0 Å². The summed E-state index contributed by atoms with van der Waals surface area (Å²) in [6.07, 6.45) is 8.66. The summed E-state index contributed by atoms with van der Waals surface area (Å²) in [7, 11) is 0. The first-order chi connectivity index (χ1) is 8.48. The Labute approximate surface area is 111 Å². The maximum atomic E-state index is 10.4. The molecule has 0 spiro atoms. The van der Waals surface area contributed by atoms with E-state index in [1.807, 2.05) is 0 Å². The fraction of sp³-hybridized carbons (Fsp3) is 0.875. The topological polar surface area (TPSA) is 29.5 Å². The van der Waals surface area contributed by atoms with Gasteiger partial charge in [0, 0.05) is 0 Å². The number of rotatable bonds is 2. The van der Waals surface area contributed by atoms with Gasteiger partial charge in [-0.05, 0) is 61.9 Å². The molecule has 1 N–H and O–H groups in total. The van der Waals surface area contributed by atoms with Crippen molar-refractivity contribution < 1.29 is 9.84 Å². The molecule has 1 aliphatic carbocycles. The minimum atomic E-state index is -0.355. The molecule has 0 aromatic heterocycles. The van der Waals surface area contributed by atoms with Crippen molar-refractivity contribution in [3.8, 4) is 0 Å². The van der Waals surface area contributed by atoms with E-state index in [4.69, 9.17) is 4.74 Å². The maximum absolute atomic E-state index is 10.4. The zero-order valence-corrected chi connectivity index (χ0v) is 12.1. The van der Waals surface area contributed by atoms with E-state index in [2.05, 4.69) is 26.8 Å². The van der Waals surface area contributed by atoms with Crippen LogP contribution in [0.4, 0.5) is 0 Å². The van der Waals surface area contributed by atoms with Crippen LogP contribution in [0.3, 0.4) is 0 Å². The van der Waals surface area contributed by atoms with Crippen LogP contribution in [0.5, 0.6) is 0 Å². The Morgan fingerprint density at radius 3 is 2.39 bits per heavy atom. The van der Waals surface area contributed by atoms with Gasteiger partial charge in [-0.15, -0.1) is 0 Å². The van der Waals surface area contributed by atoms with Gasteiger partial charge < -0.3 is 9.84 Å². The zero-order valence-electron chi connectivity index (χ0n) is 12.1. The molecule has 1 saturated carbocycles. The molecule has 0 amide bonds. The smallest absolute Gasteiger partial charge is 0.121 e. The van der Waals surface area contributed by atoms with E-state index in [0.717, 1.165) is 44.0 Å². The van der Waals surface area contributed by atoms with Crippen LogP contribution in [0, 0.1) is 17.3 Å². The van der Waals surface area contributed by atoms with Gasteiger partial charge in [-0.3, -0.25) is 0 Å². The van der Waals surface area contributed by atoms with E-state index >= 15 is 0 Å². The highest BCUT2D eigenvalue weighted by atomic mass is 16.5. The molecular formula is C16H28O2. The molecule has 0 aromatic rings. The van der Waals surface area contributed by atoms with Gasteiger partial charge in [-0.1, -0.05) is 20.8 Å². The Hall–Kier alpha value is -0.500. The second kappa shape index (κ2) is 5.64. The Bertz CT molecular complexity index is 293. The Balaban J connectivity index is 1.87. The van der Waals surface area contributed by atoms with E-state index in [0.29, 0.717) is 11.3 Å². The first kappa shape index (κ1) is 13.9. The van der Waals surface area contributed by atoms with Gasteiger partial charge in [0.25, 0.3) is 0 Å². The molecule has 0 saturated heterocycles. The van der Waals surface area contributed by atoms with E-state index in [-0.39, 0.29) is 6.10 Å². The van der Waals surface area contributed by atoms with Crippen molar-refractivity contribution in [2.45, 2.75) is 65.4 Å². The van der Waals surface area contributed by atoms with Crippen molar-refractivity contribution in [1.29, 1.82) is 0 Å². The highest BCUT2D eigenvalue weighted by Crippen LogP contribution is 2.41. The first-order valence-electron chi connectivity index (χ1n) is 7.49. The molecule has 2 nitrogen and oxygen atoms in total. The normalized spacial score (nSPS) is 31.4. The molecule has 0 aromatic carbocycles.